The SMILES string of the molecule is CC(Nc1nccc(-n2cnc3cnccc32)n1)c1ccccc1. The molecule has 4 aromatic rings. The molecule has 24 heavy (non-hydrogen) atoms. The maximum Gasteiger partial charge on any atom is 0.225 e. The molecule has 0 radical (unpaired) electrons. The minimum Gasteiger partial charge on any atom is -0.348 e. The predicted octanol–water partition coefficient (Wildman–Crippen LogP) is 3.38. The Hall–Kier alpha value is -3.28. The normalized spacial score (nSPS) is 12.2. The van der Waals surface area contributed by atoms with Crippen LogP contribution in [0.25, 0.3) is 16.9 Å². The largest absolute Gasteiger partial charge is 0.348 e. The molecule has 6 heteroatoms. The number of anilines is 1. The molecule has 3 heterocycles. The molecule has 1 unspecified atom stereocenters. The fourth-order valence-corrected chi connectivity index (χ4v) is 2.62. The molecule has 0 aliphatic heterocycles. The third-order valence-corrected chi connectivity index (χ3v) is 3.88. The molecule has 0 aliphatic carbocycles. The van der Waals surface area contributed by atoms with Crippen molar-refractivity contribution in [2.24, 2.45) is 0 Å². The van der Waals surface area contributed by atoms with Gasteiger partial charge in [-0.2, -0.15) is 4.98 Å². The Kier molecular flexibility index (Phi) is 3.63. The summed E-state index contributed by atoms with van der Waals surface area (Å²) in [7, 11) is 0. The van der Waals surface area contributed by atoms with E-state index in [2.05, 4.69) is 44.3 Å². The van der Waals surface area contributed by atoms with Crippen LogP contribution in [0.1, 0.15) is 18.5 Å². The highest BCUT2D eigenvalue weighted by molar-refractivity contribution is 5.75. The molecule has 118 valence electrons. The van der Waals surface area contributed by atoms with Gasteiger partial charge in [0, 0.05) is 12.4 Å². The molecule has 0 saturated heterocycles. The summed E-state index contributed by atoms with van der Waals surface area (Å²) < 4.78 is 1.93. The average molecular weight is 316 g/mol. The van der Waals surface area contributed by atoms with Crippen LogP contribution in [0.3, 0.4) is 0 Å². The van der Waals surface area contributed by atoms with Crippen LogP contribution in [-0.4, -0.2) is 24.5 Å². The lowest BCUT2D eigenvalue weighted by molar-refractivity contribution is 0.854. The van der Waals surface area contributed by atoms with E-state index in [1.165, 1.54) is 5.56 Å². The molecule has 1 aromatic carbocycles. The van der Waals surface area contributed by atoms with Crippen LogP contribution in [-0.2, 0) is 0 Å². The zero-order valence-corrected chi connectivity index (χ0v) is 13.2. The van der Waals surface area contributed by atoms with Crippen molar-refractivity contribution in [1.29, 1.82) is 0 Å². The van der Waals surface area contributed by atoms with E-state index >= 15 is 0 Å². The molecule has 0 saturated carbocycles. The van der Waals surface area contributed by atoms with Crippen LogP contribution < -0.4 is 5.32 Å². The predicted molar refractivity (Wildman–Crippen MR) is 92.9 cm³/mol. The number of nitrogens with zero attached hydrogens (tertiary/aromatic N) is 5. The molecule has 0 bridgehead atoms. The molecule has 0 amide bonds. The van der Waals surface area contributed by atoms with Gasteiger partial charge in [-0.05, 0) is 24.6 Å². The molecular weight excluding hydrogens is 300 g/mol. The van der Waals surface area contributed by atoms with Gasteiger partial charge in [0.1, 0.15) is 17.7 Å². The molecule has 1 N–H and O–H groups in total. The molecule has 6 nitrogen and oxygen atoms in total. The Labute approximate surface area is 139 Å². The first-order valence-electron chi connectivity index (χ1n) is 7.73. The fraction of sp³-hybridized carbons (Fsp3) is 0.111. The maximum atomic E-state index is 4.61. The second kappa shape index (κ2) is 6.08. The van der Waals surface area contributed by atoms with Crippen molar-refractivity contribution in [3.8, 4) is 5.82 Å². The highest BCUT2D eigenvalue weighted by atomic mass is 15.2. The van der Waals surface area contributed by atoms with E-state index in [1.54, 1.807) is 24.9 Å². The first kappa shape index (κ1) is 14.3. The Balaban J connectivity index is 1.64. The van der Waals surface area contributed by atoms with E-state index in [1.807, 2.05) is 34.9 Å². The van der Waals surface area contributed by atoms with Crippen LogP contribution in [0.15, 0.2) is 67.4 Å². The Bertz CT molecular complexity index is 963. The van der Waals surface area contributed by atoms with Crippen molar-refractivity contribution < 1.29 is 0 Å². The number of nitrogens with one attached hydrogen (secondary N) is 1. The van der Waals surface area contributed by atoms with Gasteiger partial charge < -0.3 is 5.32 Å². The molecule has 0 aliphatic rings. The second-order valence-corrected chi connectivity index (χ2v) is 5.49. The lowest BCUT2D eigenvalue weighted by Crippen LogP contribution is -2.10. The van der Waals surface area contributed by atoms with E-state index in [0.717, 1.165) is 16.9 Å². The van der Waals surface area contributed by atoms with Gasteiger partial charge in [0.05, 0.1) is 17.8 Å². The summed E-state index contributed by atoms with van der Waals surface area (Å²) in [5, 5.41) is 3.34. The van der Waals surface area contributed by atoms with Gasteiger partial charge in [-0.15, -0.1) is 0 Å². The Morgan fingerprint density at radius 1 is 1.00 bits per heavy atom. The van der Waals surface area contributed by atoms with Gasteiger partial charge >= 0.3 is 0 Å². The molecule has 3 aromatic heterocycles. The topological polar surface area (TPSA) is 68.5 Å². The molecule has 1 atom stereocenters. The summed E-state index contributed by atoms with van der Waals surface area (Å²) in [6, 6.07) is 14.1. The van der Waals surface area contributed by atoms with Gasteiger partial charge in [0.25, 0.3) is 0 Å². The van der Waals surface area contributed by atoms with Gasteiger partial charge in [-0.25, -0.2) is 9.97 Å². The number of aromatic nitrogens is 5. The first-order valence-corrected chi connectivity index (χ1v) is 7.73. The van der Waals surface area contributed by atoms with E-state index in [9.17, 15) is 0 Å². The van der Waals surface area contributed by atoms with E-state index in [-0.39, 0.29) is 6.04 Å². The highest BCUT2D eigenvalue weighted by Gasteiger charge is 2.09. The minimum absolute atomic E-state index is 0.116. The second-order valence-electron chi connectivity index (χ2n) is 5.49. The number of hydrogen-bond donors (Lipinski definition) is 1. The summed E-state index contributed by atoms with van der Waals surface area (Å²) in [6.07, 6.45) is 6.98. The number of benzene rings is 1. The summed E-state index contributed by atoms with van der Waals surface area (Å²) >= 11 is 0. The smallest absolute Gasteiger partial charge is 0.225 e. The van der Waals surface area contributed by atoms with Gasteiger partial charge in [-0.3, -0.25) is 9.55 Å². The quantitative estimate of drug-likeness (QED) is 0.625. The third-order valence-electron chi connectivity index (χ3n) is 3.88. The monoisotopic (exact) mass is 316 g/mol. The van der Waals surface area contributed by atoms with Gasteiger partial charge in [0.2, 0.25) is 5.95 Å². The van der Waals surface area contributed by atoms with E-state index < -0.39 is 0 Å². The zero-order valence-electron chi connectivity index (χ0n) is 13.2. The van der Waals surface area contributed by atoms with Crippen LogP contribution in [0, 0.1) is 0 Å². The number of fused-ring (bicyclic) bond motifs is 1. The summed E-state index contributed by atoms with van der Waals surface area (Å²) in [5.41, 5.74) is 2.99. The van der Waals surface area contributed by atoms with E-state index in [0.29, 0.717) is 5.95 Å². The highest BCUT2D eigenvalue weighted by Crippen LogP contribution is 2.19. The van der Waals surface area contributed by atoms with Gasteiger partial charge in [-0.1, -0.05) is 30.3 Å². The van der Waals surface area contributed by atoms with Crippen molar-refractivity contribution in [3.63, 3.8) is 0 Å². The molecule has 0 spiro atoms. The van der Waals surface area contributed by atoms with Crippen molar-refractivity contribution in [2.45, 2.75) is 13.0 Å². The van der Waals surface area contributed by atoms with Crippen LogP contribution in [0.5, 0.6) is 0 Å². The standard InChI is InChI=1S/C18H16N6/c1-13(14-5-3-2-4-6-14)22-18-20-10-8-17(23-18)24-12-21-15-11-19-9-7-16(15)24/h2-13H,1H3,(H,20,22,23). The van der Waals surface area contributed by atoms with Crippen molar-refractivity contribution in [2.75, 3.05) is 5.32 Å². The maximum absolute atomic E-state index is 4.61. The summed E-state index contributed by atoms with van der Waals surface area (Å²) in [5.74, 6) is 1.35. The molecule has 0 fully saturated rings. The Morgan fingerprint density at radius 3 is 2.75 bits per heavy atom. The van der Waals surface area contributed by atoms with Crippen molar-refractivity contribution in [3.05, 3.63) is 72.9 Å². The zero-order chi connectivity index (χ0) is 16.4. The third kappa shape index (κ3) is 2.69. The molecule has 4 rings (SSSR count). The van der Waals surface area contributed by atoms with Crippen molar-refractivity contribution in [1.82, 2.24) is 24.5 Å². The lowest BCUT2D eigenvalue weighted by atomic mass is 10.1. The summed E-state index contributed by atoms with van der Waals surface area (Å²) in [6.45, 7) is 2.09. The summed E-state index contributed by atoms with van der Waals surface area (Å²) in [4.78, 5) is 17.4. The number of rotatable bonds is 4. The van der Waals surface area contributed by atoms with Crippen LogP contribution in [0.4, 0.5) is 5.95 Å². The average Bonchev–Trinajstić information content (AvgIpc) is 3.07. The molecular formula is C18H16N6. The number of imidazole rings is 1. The Morgan fingerprint density at radius 2 is 1.88 bits per heavy atom. The first-order chi connectivity index (χ1) is 11.8. The fourth-order valence-electron chi connectivity index (χ4n) is 2.62. The number of pyridine rings is 1. The van der Waals surface area contributed by atoms with Crippen molar-refractivity contribution >= 4 is 17.0 Å². The lowest BCUT2D eigenvalue weighted by Gasteiger charge is -2.14. The van der Waals surface area contributed by atoms with Crippen LogP contribution >= 0.6 is 0 Å². The van der Waals surface area contributed by atoms with Gasteiger partial charge in [0.15, 0.2) is 0 Å². The number of hydrogen-bond acceptors (Lipinski definition) is 5. The minimum atomic E-state index is 0.116. The van der Waals surface area contributed by atoms with Crippen LogP contribution in [0.2, 0.25) is 0 Å². The van der Waals surface area contributed by atoms with E-state index in [4.69, 9.17) is 0 Å².